The Bertz CT molecular complexity index is 450. The maximum absolute atomic E-state index is 12.4. The summed E-state index contributed by atoms with van der Waals surface area (Å²) in [6, 6.07) is 6.21. The quantitative estimate of drug-likeness (QED) is 0.809. The number of carbonyl (C=O) groups excluding carboxylic acids is 1. The lowest BCUT2D eigenvalue weighted by Crippen LogP contribution is -2.26. The Morgan fingerprint density at radius 2 is 2.06 bits per heavy atom. The topological polar surface area (TPSA) is 38.3 Å². The van der Waals surface area contributed by atoms with Crippen LogP contribution in [-0.2, 0) is 17.7 Å². The number of Topliss-reactive ketones (excluding diaryl/α,β-unsaturated/α-hetero) is 1. The molecule has 0 aromatic heterocycles. The summed E-state index contributed by atoms with van der Waals surface area (Å²) >= 11 is 0. The lowest BCUT2D eigenvalue weighted by atomic mass is 9.88. The van der Waals surface area contributed by atoms with E-state index in [2.05, 4.69) is 17.4 Å². The molecule has 2 heterocycles. The Kier molecular flexibility index (Phi) is 3.43. The molecule has 0 saturated carbocycles. The van der Waals surface area contributed by atoms with Gasteiger partial charge in [-0.1, -0.05) is 12.1 Å². The van der Waals surface area contributed by atoms with Gasteiger partial charge in [-0.15, -0.1) is 0 Å². The van der Waals surface area contributed by atoms with Crippen LogP contribution in [0.25, 0.3) is 0 Å². The molecule has 96 valence electrons. The second-order valence-corrected chi connectivity index (χ2v) is 5.16. The van der Waals surface area contributed by atoms with Crippen LogP contribution < -0.4 is 5.32 Å². The minimum Gasteiger partial charge on any atom is -0.381 e. The van der Waals surface area contributed by atoms with Crippen molar-refractivity contribution in [3.63, 3.8) is 0 Å². The Morgan fingerprint density at radius 1 is 1.22 bits per heavy atom. The Morgan fingerprint density at radius 3 is 2.89 bits per heavy atom. The molecular weight excluding hydrogens is 226 g/mol. The molecule has 2 aliphatic rings. The zero-order valence-corrected chi connectivity index (χ0v) is 10.6. The summed E-state index contributed by atoms with van der Waals surface area (Å²) in [5.41, 5.74) is 3.56. The van der Waals surface area contributed by atoms with Gasteiger partial charge in [-0.2, -0.15) is 0 Å². The highest BCUT2D eigenvalue weighted by atomic mass is 16.5. The Hall–Kier alpha value is -1.19. The monoisotopic (exact) mass is 245 g/mol. The lowest BCUT2D eigenvalue weighted by molar-refractivity contribution is 0.0545. The van der Waals surface area contributed by atoms with E-state index in [1.54, 1.807) is 0 Å². The summed E-state index contributed by atoms with van der Waals surface area (Å²) in [4.78, 5) is 12.4. The minimum absolute atomic E-state index is 0.161. The van der Waals surface area contributed by atoms with Gasteiger partial charge in [0.05, 0.1) is 0 Å². The van der Waals surface area contributed by atoms with Gasteiger partial charge in [0.2, 0.25) is 0 Å². The van der Waals surface area contributed by atoms with Crippen molar-refractivity contribution in [3.8, 4) is 0 Å². The standard InChI is InChI=1S/C15H19NO2/c17-15(12-4-7-18-8-5-12)13-2-1-11-3-6-16-10-14(11)9-13/h1-2,9,12,16H,3-8,10H2. The minimum atomic E-state index is 0.161. The highest BCUT2D eigenvalue weighted by Crippen LogP contribution is 2.23. The van der Waals surface area contributed by atoms with Crippen molar-refractivity contribution < 1.29 is 9.53 Å². The van der Waals surface area contributed by atoms with Crippen LogP contribution in [0.4, 0.5) is 0 Å². The predicted octanol–water partition coefficient (Wildman–Crippen LogP) is 1.94. The molecule has 0 atom stereocenters. The van der Waals surface area contributed by atoms with Gasteiger partial charge >= 0.3 is 0 Å². The van der Waals surface area contributed by atoms with E-state index in [1.165, 1.54) is 11.1 Å². The van der Waals surface area contributed by atoms with Gasteiger partial charge in [-0.3, -0.25) is 4.79 Å². The molecular formula is C15H19NO2. The van der Waals surface area contributed by atoms with Crippen molar-refractivity contribution in [3.05, 3.63) is 34.9 Å². The van der Waals surface area contributed by atoms with Gasteiger partial charge < -0.3 is 10.1 Å². The van der Waals surface area contributed by atoms with Crippen molar-refractivity contribution in [2.45, 2.75) is 25.8 Å². The molecule has 1 aromatic rings. The first-order valence-corrected chi connectivity index (χ1v) is 6.79. The van der Waals surface area contributed by atoms with Gasteiger partial charge in [-0.25, -0.2) is 0 Å². The zero-order chi connectivity index (χ0) is 12.4. The van der Waals surface area contributed by atoms with Crippen LogP contribution in [0, 0.1) is 5.92 Å². The van der Waals surface area contributed by atoms with E-state index in [4.69, 9.17) is 4.74 Å². The number of fused-ring (bicyclic) bond motifs is 1. The van der Waals surface area contributed by atoms with Gasteiger partial charge in [0.15, 0.2) is 5.78 Å². The highest BCUT2D eigenvalue weighted by molar-refractivity contribution is 5.98. The number of hydrogen-bond donors (Lipinski definition) is 1. The van der Waals surface area contributed by atoms with Crippen LogP contribution in [0.15, 0.2) is 18.2 Å². The van der Waals surface area contributed by atoms with Crippen LogP contribution >= 0.6 is 0 Å². The van der Waals surface area contributed by atoms with Crippen molar-refractivity contribution >= 4 is 5.78 Å². The van der Waals surface area contributed by atoms with E-state index in [9.17, 15) is 4.79 Å². The Balaban J connectivity index is 1.80. The number of rotatable bonds is 2. The number of ketones is 1. The molecule has 0 unspecified atom stereocenters. The van der Waals surface area contributed by atoms with Crippen molar-refractivity contribution in [1.29, 1.82) is 0 Å². The molecule has 18 heavy (non-hydrogen) atoms. The number of nitrogens with one attached hydrogen (secondary N) is 1. The van der Waals surface area contributed by atoms with E-state index in [1.807, 2.05) is 6.07 Å². The normalized spacial score (nSPS) is 20.4. The van der Waals surface area contributed by atoms with E-state index in [-0.39, 0.29) is 5.92 Å². The summed E-state index contributed by atoms with van der Waals surface area (Å²) in [7, 11) is 0. The molecule has 0 radical (unpaired) electrons. The van der Waals surface area contributed by atoms with Gasteiger partial charge in [0.1, 0.15) is 0 Å². The third-order valence-corrected chi connectivity index (χ3v) is 3.97. The molecule has 0 aliphatic carbocycles. The number of ether oxygens (including phenoxy) is 1. The van der Waals surface area contributed by atoms with Crippen molar-refractivity contribution in [2.24, 2.45) is 5.92 Å². The summed E-state index contributed by atoms with van der Waals surface area (Å²) in [5, 5.41) is 3.36. The number of benzene rings is 1. The first-order chi connectivity index (χ1) is 8.84. The summed E-state index contributed by atoms with van der Waals surface area (Å²) in [6.07, 6.45) is 2.81. The average molecular weight is 245 g/mol. The van der Waals surface area contributed by atoms with Crippen LogP contribution in [0.1, 0.15) is 34.3 Å². The van der Waals surface area contributed by atoms with Crippen LogP contribution in [0.2, 0.25) is 0 Å². The van der Waals surface area contributed by atoms with Crippen molar-refractivity contribution in [1.82, 2.24) is 5.32 Å². The third-order valence-electron chi connectivity index (χ3n) is 3.97. The SMILES string of the molecule is O=C(c1ccc2c(c1)CNCC2)C1CCOCC1. The maximum Gasteiger partial charge on any atom is 0.166 e. The predicted molar refractivity (Wildman–Crippen MR) is 69.7 cm³/mol. The van der Waals surface area contributed by atoms with Gasteiger partial charge in [0, 0.05) is 31.2 Å². The molecule has 1 aromatic carbocycles. The fourth-order valence-electron chi connectivity index (χ4n) is 2.83. The molecule has 0 amide bonds. The second-order valence-electron chi connectivity index (χ2n) is 5.16. The van der Waals surface area contributed by atoms with E-state index >= 15 is 0 Å². The van der Waals surface area contributed by atoms with E-state index in [0.29, 0.717) is 5.78 Å². The lowest BCUT2D eigenvalue weighted by Gasteiger charge is -2.22. The van der Waals surface area contributed by atoms with Crippen molar-refractivity contribution in [2.75, 3.05) is 19.8 Å². The van der Waals surface area contributed by atoms with Gasteiger partial charge in [-0.05, 0) is 43.0 Å². The van der Waals surface area contributed by atoms with Crippen LogP contribution in [0.5, 0.6) is 0 Å². The largest absolute Gasteiger partial charge is 0.381 e. The molecule has 2 aliphatic heterocycles. The fraction of sp³-hybridized carbons (Fsp3) is 0.533. The molecule has 3 nitrogen and oxygen atoms in total. The Labute approximate surface area is 108 Å². The van der Waals surface area contributed by atoms with E-state index in [0.717, 1.165) is 51.1 Å². The molecule has 1 saturated heterocycles. The summed E-state index contributed by atoms with van der Waals surface area (Å²) in [5.74, 6) is 0.458. The first-order valence-electron chi connectivity index (χ1n) is 6.79. The second kappa shape index (κ2) is 5.21. The molecule has 0 bridgehead atoms. The number of hydrogen-bond acceptors (Lipinski definition) is 3. The smallest absolute Gasteiger partial charge is 0.166 e. The first kappa shape index (κ1) is 11.9. The molecule has 3 rings (SSSR count). The van der Waals surface area contributed by atoms with Crippen LogP contribution in [-0.4, -0.2) is 25.5 Å². The highest BCUT2D eigenvalue weighted by Gasteiger charge is 2.23. The van der Waals surface area contributed by atoms with E-state index < -0.39 is 0 Å². The molecule has 1 fully saturated rings. The summed E-state index contributed by atoms with van der Waals surface area (Å²) < 4.78 is 5.31. The fourth-order valence-corrected chi connectivity index (χ4v) is 2.83. The van der Waals surface area contributed by atoms with Gasteiger partial charge in [0.25, 0.3) is 0 Å². The van der Waals surface area contributed by atoms with Crippen LogP contribution in [0.3, 0.4) is 0 Å². The summed E-state index contributed by atoms with van der Waals surface area (Å²) in [6.45, 7) is 3.39. The number of carbonyl (C=O) groups is 1. The third kappa shape index (κ3) is 2.33. The molecule has 3 heteroatoms. The zero-order valence-electron chi connectivity index (χ0n) is 10.6. The maximum atomic E-state index is 12.4. The molecule has 1 N–H and O–H groups in total. The average Bonchev–Trinajstić information content (AvgIpc) is 2.47. The molecule has 0 spiro atoms.